The first-order valence-electron chi connectivity index (χ1n) is 14.8. The summed E-state index contributed by atoms with van der Waals surface area (Å²) in [6.45, 7) is 7.71. The van der Waals surface area contributed by atoms with E-state index in [4.69, 9.17) is 20.0 Å². The lowest BCUT2D eigenvalue weighted by atomic mass is 10.00. The number of hydrogen-bond acceptors (Lipinski definition) is 8. The molecule has 232 valence electrons. The van der Waals surface area contributed by atoms with Gasteiger partial charge in [0.2, 0.25) is 0 Å². The minimum absolute atomic E-state index is 0.00896. The van der Waals surface area contributed by atoms with E-state index < -0.39 is 11.9 Å². The second-order valence-electron chi connectivity index (χ2n) is 10.8. The molecule has 0 saturated carbocycles. The summed E-state index contributed by atoms with van der Waals surface area (Å²) in [6.07, 6.45) is 6.25. The number of fused-ring (bicyclic) bond motifs is 1. The number of thioether (sulfide) groups is 1. The number of carboxylic acid groups (broad SMARTS) is 2. The minimum Gasteiger partial charge on any atom is -0.478 e. The summed E-state index contributed by atoms with van der Waals surface area (Å²) in [7, 11) is 0. The number of benzene rings is 2. The molecule has 0 spiro atoms. The second kappa shape index (κ2) is 16.7. The summed E-state index contributed by atoms with van der Waals surface area (Å²) in [5.41, 5.74) is 4.52. The largest absolute Gasteiger partial charge is 0.478 e. The molecule has 1 aliphatic heterocycles. The van der Waals surface area contributed by atoms with Gasteiger partial charge in [-0.25, -0.2) is 14.6 Å². The molecular formula is C33H39N5O5S. The molecule has 2 aromatic heterocycles. The number of aromatic nitrogens is 4. The van der Waals surface area contributed by atoms with Crippen LogP contribution < -0.4 is 0 Å². The van der Waals surface area contributed by atoms with Crippen molar-refractivity contribution in [2.45, 2.75) is 56.3 Å². The van der Waals surface area contributed by atoms with Gasteiger partial charge in [0.1, 0.15) is 17.5 Å². The van der Waals surface area contributed by atoms with Gasteiger partial charge in [-0.3, -0.25) is 0 Å². The number of piperidine rings is 1. The highest BCUT2D eigenvalue weighted by atomic mass is 32.2. The Morgan fingerprint density at radius 3 is 2.11 bits per heavy atom. The van der Waals surface area contributed by atoms with E-state index in [1.54, 1.807) is 11.0 Å². The van der Waals surface area contributed by atoms with Crippen LogP contribution >= 0.6 is 11.8 Å². The topological polar surface area (TPSA) is 130 Å². The summed E-state index contributed by atoms with van der Waals surface area (Å²) in [5, 5.41) is 25.6. The molecule has 0 aliphatic carbocycles. The van der Waals surface area contributed by atoms with Gasteiger partial charge in [0.25, 0.3) is 0 Å². The molecule has 11 heteroatoms. The van der Waals surface area contributed by atoms with Crippen molar-refractivity contribution < 1.29 is 24.5 Å². The highest BCUT2D eigenvalue weighted by Crippen LogP contribution is 2.31. The molecule has 3 heterocycles. The van der Waals surface area contributed by atoms with Crippen LogP contribution in [0.4, 0.5) is 0 Å². The van der Waals surface area contributed by atoms with Gasteiger partial charge in [0.05, 0.1) is 6.10 Å². The number of carbonyl (C=O) groups is 2. The van der Waals surface area contributed by atoms with E-state index in [1.165, 1.54) is 16.7 Å². The predicted molar refractivity (Wildman–Crippen MR) is 170 cm³/mol. The van der Waals surface area contributed by atoms with Crippen LogP contribution in [0, 0.1) is 0 Å². The Bertz CT molecular complexity index is 1450. The molecule has 2 N–H and O–H groups in total. The van der Waals surface area contributed by atoms with Crippen molar-refractivity contribution in [3.8, 4) is 0 Å². The molecule has 0 atom stereocenters. The first-order chi connectivity index (χ1) is 21.3. The molecule has 0 radical (unpaired) electrons. The van der Waals surface area contributed by atoms with Crippen molar-refractivity contribution >= 4 is 29.3 Å². The zero-order valence-corrected chi connectivity index (χ0v) is 25.8. The Balaban J connectivity index is 0.000000488. The third-order valence-corrected chi connectivity index (χ3v) is 8.27. The molecule has 1 fully saturated rings. The highest BCUT2D eigenvalue weighted by Gasteiger charge is 2.24. The molecule has 4 aromatic rings. The molecule has 0 amide bonds. The van der Waals surface area contributed by atoms with Crippen molar-refractivity contribution in [3.05, 3.63) is 102 Å². The van der Waals surface area contributed by atoms with Gasteiger partial charge < -0.3 is 19.8 Å². The van der Waals surface area contributed by atoms with Gasteiger partial charge in [-0.05, 0) is 54.5 Å². The molecule has 0 unspecified atom stereocenters. The van der Waals surface area contributed by atoms with Crippen LogP contribution in [0.3, 0.4) is 0 Å². The summed E-state index contributed by atoms with van der Waals surface area (Å²) in [5.74, 6) is -1.05. The Kier molecular flexibility index (Phi) is 12.5. The number of carboxylic acids is 2. The minimum atomic E-state index is -1.26. The van der Waals surface area contributed by atoms with E-state index in [9.17, 15) is 9.59 Å². The van der Waals surface area contributed by atoms with Crippen molar-refractivity contribution in [3.63, 3.8) is 0 Å². The van der Waals surface area contributed by atoms with Crippen LogP contribution in [-0.2, 0) is 14.3 Å². The summed E-state index contributed by atoms with van der Waals surface area (Å²) in [4.78, 5) is 26.0. The lowest BCUT2D eigenvalue weighted by Crippen LogP contribution is -2.38. The van der Waals surface area contributed by atoms with Crippen molar-refractivity contribution in [1.82, 2.24) is 24.7 Å². The summed E-state index contributed by atoms with van der Waals surface area (Å²) < 4.78 is 8.34. The van der Waals surface area contributed by atoms with E-state index >= 15 is 0 Å². The van der Waals surface area contributed by atoms with Gasteiger partial charge in [0.15, 0.2) is 5.65 Å². The Morgan fingerprint density at radius 1 is 0.977 bits per heavy atom. The average Bonchev–Trinajstić information content (AvgIpc) is 3.50. The number of hydrogen-bond donors (Lipinski definition) is 2. The van der Waals surface area contributed by atoms with E-state index in [1.807, 2.05) is 11.8 Å². The van der Waals surface area contributed by atoms with Crippen LogP contribution in [0.15, 0.2) is 90.2 Å². The Hall–Kier alpha value is -4.06. The van der Waals surface area contributed by atoms with E-state index in [-0.39, 0.29) is 12.2 Å². The smallest absolute Gasteiger partial charge is 0.328 e. The van der Waals surface area contributed by atoms with Crippen molar-refractivity contribution in [2.75, 3.05) is 25.4 Å². The van der Waals surface area contributed by atoms with Crippen LogP contribution in [0.25, 0.3) is 5.65 Å². The van der Waals surface area contributed by atoms with Crippen molar-refractivity contribution in [1.29, 1.82) is 0 Å². The zero-order valence-electron chi connectivity index (χ0n) is 25.0. The normalized spacial score (nSPS) is 14.3. The quantitative estimate of drug-likeness (QED) is 0.116. The van der Waals surface area contributed by atoms with Crippen molar-refractivity contribution in [2.24, 2.45) is 0 Å². The summed E-state index contributed by atoms with van der Waals surface area (Å²) >= 11 is 1.84. The lowest BCUT2D eigenvalue weighted by molar-refractivity contribution is -0.134. The maximum Gasteiger partial charge on any atom is 0.328 e. The molecule has 0 bridgehead atoms. The maximum atomic E-state index is 9.55. The third kappa shape index (κ3) is 10.0. The van der Waals surface area contributed by atoms with E-state index in [0.717, 1.165) is 55.3 Å². The Labute approximate surface area is 261 Å². The molecule has 44 heavy (non-hydrogen) atoms. The molecule has 1 aliphatic rings. The van der Waals surface area contributed by atoms with E-state index in [0.29, 0.717) is 18.1 Å². The standard InChI is InChI=1S/C29H35N5OS.C4H4O4/c1-22(2)26-20-27-30-21-31-34(27)32-29(26)36-19-9-16-33-17-14-25(15-18-33)35-28(23-10-5-3-6-11-23)24-12-7-4-8-13-24;5-3(6)1-2-4(7)8/h3-8,10-13,20-22,25,28H,9,14-19H2,1-2H3;1-2H,(H,5,6)(H,7,8)/b;2-1+. The fraction of sp³-hybridized carbons (Fsp3) is 0.364. The average molecular weight is 618 g/mol. The number of likely N-dealkylation sites (tertiary alicyclic amines) is 1. The Morgan fingerprint density at radius 2 is 1.57 bits per heavy atom. The monoisotopic (exact) mass is 617 g/mol. The van der Waals surface area contributed by atoms with Gasteiger partial charge in [-0.15, -0.1) is 26.6 Å². The fourth-order valence-corrected chi connectivity index (χ4v) is 6.02. The number of nitrogens with zero attached hydrogens (tertiary/aromatic N) is 5. The number of ether oxygens (including phenoxy) is 1. The molecule has 1 saturated heterocycles. The third-order valence-electron chi connectivity index (χ3n) is 7.19. The van der Waals surface area contributed by atoms with Crippen LogP contribution in [-0.4, -0.2) is 78.4 Å². The predicted octanol–water partition coefficient (Wildman–Crippen LogP) is 5.71. The maximum absolute atomic E-state index is 9.55. The van der Waals surface area contributed by atoms with E-state index in [2.05, 4.69) is 95.6 Å². The summed E-state index contributed by atoms with van der Waals surface area (Å²) in [6, 6.07) is 23.3. The van der Waals surface area contributed by atoms with Crippen LogP contribution in [0.2, 0.25) is 0 Å². The first kappa shape index (κ1) is 32.8. The molecule has 2 aromatic carbocycles. The molecular weight excluding hydrogens is 578 g/mol. The first-order valence-corrected chi connectivity index (χ1v) is 15.7. The van der Waals surface area contributed by atoms with Gasteiger partial charge >= 0.3 is 11.9 Å². The molecule has 5 rings (SSSR count). The molecule has 10 nitrogen and oxygen atoms in total. The van der Waals surface area contributed by atoms with Crippen LogP contribution in [0.5, 0.6) is 0 Å². The van der Waals surface area contributed by atoms with Gasteiger partial charge in [-0.2, -0.15) is 0 Å². The highest BCUT2D eigenvalue weighted by molar-refractivity contribution is 7.99. The lowest BCUT2D eigenvalue weighted by Gasteiger charge is -2.34. The zero-order chi connectivity index (χ0) is 31.3. The SMILES string of the molecule is CC(C)c1cc2ncnn2nc1SCCCN1CCC(OC(c2ccccc2)c2ccccc2)CC1.O=C(O)/C=C/C(=O)O. The fourth-order valence-electron chi connectivity index (χ4n) is 4.95. The van der Waals surface area contributed by atoms with Gasteiger partial charge in [0, 0.05) is 31.0 Å². The number of rotatable bonds is 12. The number of aliphatic carboxylic acids is 2. The second-order valence-corrected chi connectivity index (χ2v) is 11.8. The van der Waals surface area contributed by atoms with Crippen LogP contribution in [0.1, 0.15) is 61.8 Å². The van der Waals surface area contributed by atoms with Gasteiger partial charge in [-0.1, -0.05) is 74.5 Å².